The zero-order valence-corrected chi connectivity index (χ0v) is 9.29. The number of carboxylic acids is 1. The Bertz CT molecular complexity index is 656. The molecule has 0 aliphatic rings. The summed E-state index contributed by atoms with van der Waals surface area (Å²) in [6, 6.07) is 12.9. The topological polar surface area (TPSA) is 81.3 Å². The predicted octanol–water partition coefficient (Wildman–Crippen LogP) is 2.63. The van der Waals surface area contributed by atoms with Crippen molar-refractivity contribution >= 4 is 5.97 Å². The van der Waals surface area contributed by atoms with E-state index in [0.29, 0.717) is 11.1 Å². The van der Waals surface area contributed by atoms with E-state index in [-0.39, 0.29) is 16.9 Å². The van der Waals surface area contributed by atoms with Gasteiger partial charge in [-0.1, -0.05) is 18.2 Å². The van der Waals surface area contributed by atoms with Gasteiger partial charge in [-0.15, -0.1) is 0 Å². The summed E-state index contributed by atoms with van der Waals surface area (Å²) in [7, 11) is 0. The average Bonchev–Trinajstić information content (AvgIpc) is 2.38. The van der Waals surface area contributed by atoms with Crippen molar-refractivity contribution in [1.29, 1.82) is 5.26 Å². The second-order valence-corrected chi connectivity index (χ2v) is 3.73. The minimum atomic E-state index is -1.00. The molecule has 0 aliphatic carbocycles. The van der Waals surface area contributed by atoms with Gasteiger partial charge in [-0.3, -0.25) is 0 Å². The van der Waals surface area contributed by atoms with Crippen LogP contribution in [0.3, 0.4) is 0 Å². The molecule has 0 fully saturated rings. The van der Waals surface area contributed by atoms with E-state index in [4.69, 9.17) is 10.4 Å². The summed E-state index contributed by atoms with van der Waals surface area (Å²) in [4.78, 5) is 10.9. The molecule has 0 saturated carbocycles. The van der Waals surface area contributed by atoms with Gasteiger partial charge in [0.25, 0.3) is 0 Å². The lowest BCUT2D eigenvalue weighted by molar-refractivity contribution is 0.0697. The largest absolute Gasteiger partial charge is 0.507 e. The summed E-state index contributed by atoms with van der Waals surface area (Å²) >= 11 is 0. The molecule has 0 amide bonds. The highest BCUT2D eigenvalue weighted by Gasteiger charge is 2.07. The second-order valence-electron chi connectivity index (χ2n) is 3.73. The smallest absolute Gasteiger partial charge is 0.335 e. The molecule has 0 spiro atoms. The van der Waals surface area contributed by atoms with Crippen LogP contribution in [0.25, 0.3) is 11.1 Å². The summed E-state index contributed by atoms with van der Waals surface area (Å²) in [5.74, 6) is -1.12. The van der Waals surface area contributed by atoms with Gasteiger partial charge in [-0.2, -0.15) is 5.26 Å². The van der Waals surface area contributed by atoms with Crippen LogP contribution < -0.4 is 0 Å². The molecule has 0 aromatic heterocycles. The number of carboxylic acid groups (broad SMARTS) is 1. The third-order valence-corrected chi connectivity index (χ3v) is 2.56. The lowest BCUT2D eigenvalue weighted by atomic mass is 10.0. The maximum Gasteiger partial charge on any atom is 0.335 e. The number of nitrogens with zero attached hydrogens (tertiary/aromatic N) is 1. The third kappa shape index (κ3) is 2.15. The van der Waals surface area contributed by atoms with Crippen LogP contribution >= 0.6 is 0 Å². The Morgan fingerprint density at radius 2 is 1.83 bits per heavy atom. The molecule has 2 aromatic rings. The highest BCUT2D eigenvalue weighted by Crippen LogP contribution is 2.26. The predicted molar refractivity (Wildman–Crippen MR) is 65.2 cm³/mol. The van der Waals surface area contributed by atoms with Gasteiger partial charge in [-0.25, -0.2) is 4.79 Å². The number of aromatic hydroxyl groups is 1. The molecular weight excluding hydrogens is 230 g/mol. The van der Waals surface area contributed by atoms with Crippen LogP contribution in [-0.2, 0) is 0 Å². The standard InChI is InChI=1S/C14H9NO3/c15-8-12-5-4-10(7-13(12)16)9-2-1-3-11(6-9)14(17)18/h1-7,16H,(H,17,18). The van der Waals surface area contributed by atoms with Crippen LogP contribution in [0.4, 0.5) is 0 Å². The van der Waals surface area contributed by atoms with Crippen molar-refractivity contribution in [1.82, 2.24) is 0 Å². The zero-order valence-electron chi connectivity index (χ0n) is 9.29. The molecule has 0 atom stereocenters. The van der Waals surface area contributed by atoms with Crippen molar-refractivity contribution in [3.63, 3.8) is 0 Å². The van der Waals surface area contributed by atoms with Crippen LogP contribution in [0, 0.1) is 11.3 Å². The Balaban J connectivity index is 2.49. The van der Waals surface area contributed by atoms with Crippen molar-refractivity contribution in [2.75, 3.05) is 0 Å². The van der Waals surface area contributed by atoms with Gasteiger partial charge in [0.05, 0.1) is 11.1 Å². The van der Waals surface area contributed by atoms with Gasteiger partial charge in [0, 0.05) is 0 Å². The first-order chi connectivity index (χ1) is 8.61. The Morgan fingerprint density at radius 1 is 1.11 bits per heavy atom. The minimum absolute atomic E-state index is 0.115. The van der Waals surface area contributed by atoms with Gasteiger partial charge < -0.3 is 10.2 Å². The molecular formula is C14H9NO3. The normalized spacial score (nSPS) is 9.72. The fraction of sp³-hybridized carbons (Fsp3) is 0. The van der Waals surface area contributed by atoms with E-state index in [1.807, 2.05) is 6.07 Å². The first-order valence-electron chi connectivity index (χ1n) is 5.18. The highest BCUT2D eigenvalue weighted by molar-refractivity contribution is 5.89. The number of aromatic carboxylic acids is 1. The molecule has 0 saturated heterocycles. The Hall–Kier alpha value is -2.80. The summed E-state index contributed by atoms with van der Waals surface area (Å²) in [5.41, 5.74) is 1.70. The maximum absolute atomic E-state index is 10.9. The Labute approximate surface area is 103 Å². The van der Waals surface area contributed by atoms with Gasteiger partial charge in [-0.05, 0) is 35.4 Å². The molecule has 0 heterocycles. The van der Waals surface area contributed by atoms with Crippen molar-refractivity contribution in [2.45, 2.75) is 0 Å². The molecule has 2 N–H and O–H groups in total. The molecule has 4 nitrogen and oxygen atoms in total. The van der Waals surface area contributed by atoms with Crippen LogP contribution in [0.2, 0.25) is 0 Å². The zero-order chi connectivity index (χ0) is 13.1. The molecule has 0 unspecified atom stereocenters. The summed E-state index contributed by atoms with van der Waals surface area (Å²) in [6.45, 7) is 0. The van der Waals surface area contributed by atoms with Crippen molar-refractivity contribution in [3.8, 4) is 22.9 Å². The molecule has 88 valence electrons. The van der Waals surface area contributed by atoms with E-state index >= 15 is 0 Å². The van der Waals surface area contributed by atoms with Crippen LogP contribution in [0.1, 0.15) is 15.9 Å². The summed E-state index contributed by atoms with van der Waals surface area (Å²) in [5, 5.41) is 27.2. The molecule has 0 aliphatic heterocycles. The van der Waals surface area contributed by atoms with Crippen molar-refractivity contribution < 1.29 is 15.0 Å². The van der Waals surface area contributed by atoms with E-state index in [1.165, 1.54) is 24.3 Å². The van der Waals surface area contributed by atoms with E-state index in [2.05, 4.69) is 0 Å². The molecule has 0 radical (unpaired) electrons. The van der Waals surface area contributed by atoms with Crippen molar-refractivity contribution in [2.24, 2.45) is 0 Å². The highest BCUT2D eigenvalue weighted by atomic mass is 16.4. The maximum atomic E-state index is 10.9. The number of carbonyl (C=O) groups is 1. The quantitative estimate of drug-likeness (QED) is 0.844. The average molecular weight is 239 g/mol. The number of phenolic OH excluding ortho intramolecular Hbond substituents is 1. The molecule has 2 rings (SSSR count). The van der Waals surface area contributed by atoms with Gasteiger partial charge in [0.1, 0.15) is 11.8 Å². The fourth-order valence-electron chi connectivity index (χ4n) is 1.64. The van der Waals surface area contributed by atoms with Crippen LogP contribution in [0.15, 0.2) is 42.5 Å². The molecule has 18 heavy (non-hydrogen) atoms. The first kappa shape index (κ1) is 11.7. The molecule has 4 heteroatoms. The van der Waals surface area contributed by atoms with Gasteiger partial charge in [0.15, 0.2) is 0 Å². The van der Waals surface area contributed by atoms with E-state index in [9.17, 15) is 9.90 Å². The second kappa shape index (κ2) is 4.60. The van der Waals surface area contributed by atoms with E-state index in [0.717, 1.165) is 0 Å². The number of phenols is 1. The number of nitriles is 1. The SMILES string of the molecule is N#Cc1ccc(-c2cccc(C(=O)O)c2)cc1O. The summed E-state index contributed by atoms with van der Waals surface area (Å²) < 4.78 is 0. The monoisotopic (exact) mass is 239 g/mol. The number of hydrogen-bond donors (Lipinski definition) is 2. The van der Waals surface area contributed by atoms with Gasteiger partial charge in [0.2, 0.25) is 0 Å². The first-order valence-corrected chi connectivity index (χ1v) is 5.18. The van der Waals surface area contributed by atoms with E-state index < -0.39 is 5.97 Å². The Morgan fingerprint density at radius 3 is 2.44 bits per heavy atom. The van der Waals surface area contributed by atoms with Gasteiger partial charge >= 0.3 is 5.97 Å². The third-order valence-electron chi connectivity index (χ3n) is 2.56. The van der Waals surface area contributed by atoms with Crippen LogP contribution in [-0.4, -0.2) is 16.2 Å². The lowest BCUT2D eigenvalue weighted by Gasteiger charge is -2.04. The van der Waals surface area contributed by atoms with Crippen molar-refractivity contribution in [3.05, 3.63) is 53.6 Å². The van der Waals surface area contributed by atoms with E-state index in [1.54, 1.807) is 18.2 Å². The molecule has 0 bridgehead atoms. The molecule has 2 aromatic carbocycles. The number of rotatable bonds is 2. The number of benzene rings is 2. The summed E-state index contributed by atoms with van der Waals surface area (Å²) in [6.07, 6.45) is 0. The van der Waals surface area contributed by atoms with Crippen LogP contribution in [0.5, 0.6) is 5.75 Å². The minimum Gasteiger partial charge on any atom is -0.507 e. The Kier molecular flexibility index (Phi) is 2.98. The number of hydrogen-bond acceptors (Lipinski definition) is 3. The lowest BCUT2D eigenvalue weighted by Crippen LogP contribution is -1.95. The fourth-order valence-corrected chi connectivity index (χ4v) is 1.64.